The maximum Gasteiger partial charge on any atom is 0.241 e. The second-order valence-corrected chi connectivity index (χ2v) is 7.70. The molecule has 1 heterocycles. The first-order valence-electron chi connectivity index (χ1n) is 6.56. The van der Waals surface area contributed by atoms with E-state index >= 15 is 0 Å². The van der Waals surface area contributed by atoms with Crippen LogP contribution in [0.3, 0.4) is 0 Å². The summed E-state index contributed by atoms with van der Waals surface area (Å²) in [6.07, 6.45) is 1.64. The van der Waals surface area contributed by atoms with E-state index in [9.17, 15) is 12.8 Å². The fraction of sp³-hybridized carbons (Fsp3) is 0.538. The normalized spacial score (nSPS) is 17.3. The molecule has 0 spiro atoms. The predicted octanol–water partition coefficient (Wildman–Crippen LogP) is 1.72. The van der Waals surface area contributed by atoms with Crippen molar-refractivity contribution in [3.05, 3.63) is 29.6 Å². The van der Waals surface area contributed by atoms with Gasteiger partial charge in [0.05, 0.1) is 4.90 Å². The van der Waals surface area contributed by atoms with Crippen molar-refractivity contribution in [2.75, 3.05) is 18.6 Å². The molecule has 0 saturated carbocycles. The van der Waals surface area contributed by atoms with Crippen molar-refractivity contribution < 1.29 is 12.8 Å². The van der Waals surface area contributed by atoms with Gasteiger partial charge in [-0.25, -0.2) is 17.5 Å². The Hall–Kier alpha value is -0.630. The molecule has 20 heavy (non-hydrogen) atoms. The molecule has 4 nitrogen and oxygen atoms in total. The molecule has 0 aliphatic carbocycles. The van der Waals surface area contributed by atoms with E-state index in [1.165, 1.54) is 12.1 Å². The van der Waals surface area contributed by atoms with Crippen LogP contribution >= 0.6 is 11.8 Å². The molecule has 1 aliphatic rings. The maximum absolute atomic E-state index is 13.4. The number of hydrogen-bond acceptors (Lipinski definition) is 4. The summed E-state index contributed by atoms with van der Waals surface area (Å²) in [7, 11) is -1.95. The maximum atomic E-state index is 13.4. The summed E-state index contributed by atoms with van der Waals surface area (Å²) in [6.45, 7) is 0.386. The molecule has 0 amide bonds. The van der Waals surface area contributed by atoms with Gasteiger partial charge >= 0.3 is 0 Å². The molecule has 2 N–H and O–H groups in total. The summed E-state index contributed by atoms with van der Waals surface area (Å²) in [6, 6.07) is 3.83. The van der Waals surface area contributed by atoms with Crippen LogP contribution in [-0.4, -0.2) is 33.0 Å². The van der Waals surface area contributed by atoms with Crippen molar-refractivity contribution in [2.45, 2.75) is 30.3 Å². The van der Waals surface area contributed by atoms with Gasteiger partial charge in [0.25, 0.3) is 0 Å². The lowest BCUT2D eigenvalue weighted by atomic mass is 10.2. The van der Waals surface area contributed by atoms with Crippen LogP contribution in [0.1, 0.15) is 18.4 Å². The van der Waals surface area contributed by atoms with Crippen LogP contribution in [0.15, 0.2) is 23.1 Å². The first-order valence-corrected chi connectivity index (χ1v) is 9.20. The highest BCUT2D eigenvalue weighted by atomic mass is 32.2. The zero-order valence-electron chi connectivity index (χ0n) is 11.4. The Morgan fingerprint density at radius 3 is 2.70 bits per heavy atom. The minimum Gasteiger partial charge on any atom is -0.316 e. The van der Waals surface area contributed by atoms with E-state index in [1.807, 2.05) is 11.8 Å². The third-order valence-electron chi connectivity index (χ3n) is 3.23. The number of sulfonamides is 1. The predicted molar refractivity (Wildman–Crippen MR) is 79.8 cm³/mol. The molecule has 1 aromatic carbocycles. The fourth-order valence-corrected chi connectivity index (χ4v) is 4.87. The SMILES string of the molecule is CNCc1ccc(F)cc1S(=O)(=O)NC1CCSCC1. The number of hydrogen-bond donors (Lipinski definition) is 2. The molecule has 2 rings (SSSR count). The Morgan fingerprint density at radius 1 is 1.35 bits per heavy atom. The van der Waals surface area contributed by atoms with Gasteiger partial charge in [0.1, 0.15) is 5.82 Å². The Labute approximate surface area is 123 Å². The summed E-state index contributed by atoms with van der Waals surface area (Å²) in [5, 5.41) is 2.90. The van der Waals surface area contributed by atoms with Crippen LogP contribution in [0.25, 0.3) is 0 Å². The number of nitrogens with one attached hydrogen (secondary N) is 2. The van der Waals surface area contributed by atoms with Crippen molar-refractivity contribution >= 4 is 21.8 Å². The topological polar surface area (TPSA) is 58.2 Å². The van der Waals surface area contributed by atoms with Crippen molar-refractivity contribution in [3.8, 4) is 0 Å². The van der Waals surface area contributed by atoms with E-state index in [2.05, 4.69) is 10.0 Å². The van der Waals surface area contributed by atoms with E-state index in [0.717, 1.165) is 30.4 Å². The molecule has 0 atom stereocenters. The summed E-state index contributed by atoms with van der Waals surface area (Å²) in [5.41, 5.74) is 0.576. The van der Waals surface area contributed by atoms with Gasteiger partial charge in [-0.1, -0.05) is 6.07 Å². The first kappa shape index (κ1) is 15.8. The standard InChI is InChI=1S/C13H19FN2O2S2/c1-15-9-10-2-3-11(14)8-13(10)20(17,18)16-12-4-6-19-7-5-12/h2-3,8,12,15-16H,4-7,9H2,1H3. The molecule has 112 valence electrons. The molecule has 1 aromatic rings. The zero-order valence-corrected chi connectivity index (χ0v) is 13.0. The number of rotatable bonds is 5. The summed E-state index contributed by atoms with van der Waals surface area (Å²) >= 11 is 1.83. The minimum absolute atomic E-state index is 0.0325. The second kappa shape index (κ2) is 6.89. The van der Waals surface area contributed by atoms with E-state index in [4.69, 9.17) is 0 Å². The highest BCUT2D eigenvalue weighted by Gasteiger charge is 2.24. The van der Waals surface area contributed by atoms with E-state index in [0.29, 0.717) is 12.1 Å². The fourth-order valence-electron chi connectivity index (χ4n) is 2.21. The molecular weight excluding hydrogens is 299 g/mol. The van der Waals surface area contributed by atoms with Crippen LogP contribution in [0, 0.1) is 5.82 Å². The van der Waals surface area contributed by atoms with Crippen molar-refractivity contribution in [1.29, 1.82) is 0 Å². The lowest BCUT2D eigenvalue weighted by molar-refractivity contribution is 0.526. The van der Waals surface area contributed by atoms with Crippen molar-refractivity contribution in [3.63, 3.8) is 0 Å². The van der Waals surface area contributed by atoms with Gasteiger partial charge in [0, 0.05) is 12.6 Å². The molecule has 1 fully saturated rings. The number of thioether (sulfide) groups is 1. The number of benzene rings is 1. The van der Waals surface area contributed by atoms with Crippen LogP contribution in [0.5, 0.6) is 0 Å². The van der Waals surface area contributed by atoms with Gasteiger partial charge in [-0.3, -0.25) is 0 Å². The summed E-state index contributed by atoms with van der Waals surface area (Å²) in [5.74, 6) is 1.38. The molecule has 1 saturated heterocycles. The highest BCUT2D eigenvalue weighted by molar-refractivity contribution is 7.99. The van der Waals surface area contributed by atoms with Crippen LogP contribution in [0.2, 0.25) is 0 Å². The Kier molecular flexibility index (Phi) is 5.42. The van der Waals surface area contributed by atoms with E-state index in [-0.39, 0.29) is 10.9 Å². The molecule has 1 aliphatic heterocycles. The van der Waals surface area contributed by atoms with E-state index in [1.54, 1.807) is 7.05 Å². The van der Waals surface area contributed by atoms with Gasteiger partial charge < -0.3 is 5.32 Å². The van der Waals surface area contributed by atoms with Crippen LogP contribution in [0.4, 0.5) is 4.39 Å². The number of halogens is 1. The van der Waals surface area contributed by atoms with Gasteiger partial charge in [-0.2, -0.15) is 11.8 Å². The van der Waals surface area contributed by atoms with E-state index < -0.39 is 15.8 Å². The van der Waals surface area contributed by atoms with Gasteiger partial charge in [-0.15, -0.1) is 0 Å². The third-order valence-corrected chi connectivity index (χ3v) is 5.88. The summed E-state index contributed by atoms with van der Waals surface area (Å²) < 4.78 is 41.0. The van der Waals surface area contributed by atoms with Crippen LogP contribution in [-0.2, 0) is 16.6 Å². The van der Waals surface area contributed by atoms with Crippen LogP contribution < -0.4 is 10.0 Å². The summed E-state index contributed by atoms with van der Waals surface area (Å²) in [4.78, 5) is 0.0325. The Morgan fingerprint density at radius 2 is 2.05 bits per heavy atom. The second-order valence-electron chi connectivity index (χ2n) is 4.79. The van der Waals surface area contributed by atoms with Gasteiger partial charge in [-0.05, 0) is 49.1 Å². The lowest BCUT2D eigenvalue weighted by Crippen LogP contribution is -2.37. The highest BCUT2D eigenvalue weighted by Crippen LogP contribution is 2.22. The molecule has 0 unspecified atom stereocenters. The van der Waals surface area contributed by atoms with Crippen molar-refractivity contribution in [1.82, 2.24) is 10.0 Å². The minimum atomic E-state index is -3.67. The quantitative estimate of drug-likeness (QED) is 0.868. The van der Waals surface area contributed by atoms with Gasteiger partial charge in [0.15, 0.2) is 0 Å². The van der Waals surface area contributed by atoms with Crippen molar-refractivity contribution in [2.24, 2.45) is 0 Å². The molecule has 7 heteroatoms. The lowest BCUT2D eigenvalue weighted by Gasteiger charge is -2.23. The largest absolute Gasteiger partial charge is 0.316 e. The molecular formula is C13H19FN2O2S2. The Bertz CT molecular complexity index is 557. The first-order chi connectivity index (χ1) is 9.53. The average Bonchev–Trinajstić information content (AvgIpc) is 2.41. The zero-order chi connectivity index (χ0) is 14.6. The molecule has 0 aromatic heterocycles. The average molecular weight is 318 g/mol. The monoisotopic (exact) mass is 318 g/mol. The molecule has 0 bridgehead atoms. The third kappa shape index (κ3) is 3.94. The Balaban J connectivity index is 2.25. The molecule has 0 radical (unpaired) electrons. The smallest absolute Gasteiger partial charge is 0.241 e. The van der Waals surface area contributed by atoms with Gasteiger partial charge in [0.2, 0.25) is 10.0 Å².